The predicted octanol–water partition coefficient (Wildman–Crippen LogP) is 2.19. The van der Waals surface area contributed by atoms with Gasteiger partial charge in [0.2, 0.25) is 11.8 Å². The number of nitrogens with zero attached hydrogens (tertiary/aromatic N) is 2. The highest BCUT2D eigenvalue weighted by Crippen LogP contribution is 2.12. The summed E-state index contributed by atoms with van der Waals surface area (Å²) in [7, 11) is 0. The van der Waals surface area contributed by atoms with Crippen molar-refractivity contribution < 1.29 is 14.4 Å². The molecule has 2 aromatic rings. The number of anilines is 1. The Hall–Kier alpha value is -2.18. The van der Waals surface area contributed by atoms with Gasteiger partial charge >= 0.3 is 0 Å². The quantitative estimate of drug-likeness (QED) is 0.780. The van der Waals surface area contributed by atoms with Gasteiger partial charge in [0.15, 0.2) is 0 Å². The molecule has 2 rings (SSSR count). The van der Waals surface area contributed by atoms with Crippen LogP contribution in [0.2, 0.25) is 0 Å². The second kappa shape index (κ2) is 8.45. The van der Waals surface area contributed by atoms with E-state index in [1.54, 1.807) is 13.0 Å². The van der Waals surface area contributed by atoms with E-state index in [2.05, 4.69) is 10.5 Å². The number of aliphatic hydroxyl groups is 1. The van der Waals surface area contributed by atoms with E-state index in [0.717, 1.165) is 11.3 Å². The smallest absolute Gasteiger partial charge is 0.240 e. The van der Waals surface area contributed by atoms with Gasteiger partial charge in [-0.2, -0.15) is 0 Å². The Morgan fingerprint density at radius 2 is 2.13 bits per heavy atom. The molecule has 124 valence electrons. The molecular weight excluding hydrogens is 294 g/mol. The predicted molar refractivity (Wildman–Crippen MR) is 87.9 cm³/mol. The number of hydrogen-bond donors (Lipinski definition) is 2. The van der Waals surface area contributed by atoms with E-state index in [0.29, 0.717) is 18.8 Å². The molecule has 1 unspecified atom stereocenters. The number of aryl methyl sites for hydroxylation is 1. The van der Waals surface area contributed by atoms with Crippen molar-refractivity contribution in [1.82, 2.24) is 10.1 Å². The summed E-state index contributed by atoms with van der Waals surface area (Å²) < 4.78 is 5.00. The SMILES string of the molecule is Cc1cc(NC(=O)CN(Cc2ccccc2)C(C)CCO)on1. The molecule has 0 aliphatic rings. The Labute approximate surface area is 136 Å². The van der Waals surface area contributed by atoms with Crippen LogP contribution in [0.25, 0.3) is 0 Å². The summed E-state index contributed by atoms with van der Waals surface area (Å²) in [4.78, 5) is 14.3. The van der Waals surface area contributed by atoms with Crippen LogP contribution in [0.5, 0.6) is 0 Å². The van der Waals surface area contributed by atoms with Gasteiger partial charge in [-0.3, -0.25) is 15.0 Å². The topological polar surface area (TPSA) is 78.6 Å². The Bertz CT molecular complexity index is 613. The number of aliphatic hydroxyl groups excluding tert-OH is 1. The van der Waals surface area contributed by atoms with Gasteiger partial charge in [0.1, 0.15) is 0 Å². The van der Waals surface area contributed by atoms with Crippen LogP contribution in [0.3, 0.4) is 0 Å². The lowest BCUT2D eigenvalue weighted by atomic mass is 10.1. The summed E-state index contributed by atoms with van der Waals surface area (Å²) in [5.74, 6) is 0.184. The van der Waals surface area contributed by atoms with Gasteiger partial charge in [-0.25, -0.2) is 0 Å². The summed E-state index contributed by atoms with van der Waals surface area (Å²) in [6.07, 6.45) is 0.613. The molecule has 0 bridgehead atoms. The number of carbonyl (C=O) groups excluding carboxylic acids is 1. The standard InChI is InChI=1S/C17H23N3O3/c1-13-10-17(23-19-13)18-16(22)12-20(14(2)8-9-21)11-15-6-4-3-5-7-15/h3-7,10,14,21H,8-9,11-12H2,1-2H3,(H,18,22). The molecule has 0 aliphatic heterocycles. The summed E-state index contributed by atoms with van der Waals surface area (Å²) in [5, 5.41) is 15.6. The number of hydrogen-bond acceptors (Lipinski definition) is 5. The average Bonchev–Trinajstić information content (AvgIpc) is 2.93. The zero-order valence-electron chi connectivity index (χ0n) is 13.5. The second-order valence-electron chi connectivity index (χ2n) is 5.63. The Morgan fingerprint density at radius 3 is 2.74 bits per heavy atom. The van der Waals surface area contributed by atoms with Crippen LogP contribution in [0.4, 0.5) is 5.88 Å². The molecule has 0 spiro atoms. The van der Waals surface area contributed by atoms with Crippen LogP contribution in [0, 0.1) is 6.92 Å². The van der Waals surface area contributed by atoms with E-state index in [-0.39, 0.29) is 25.1 Å². The Morgan fingerprint density at radius 1 is 1.39 bits per heavy atom. The van der Waals surface area contributed by atoms with E-state index in [4.69, 9.17) is 4.52 Å². The van der Waals surface area contributed by atoms with Crippen molar-refractivity contribution in [2.24, 2.45) is 0 Å². The van der Waals surface area contributed by atoms with Crippen molar-refractivity contribution in [3.8, 4) is 0 Å². The van der Waals surface area contributed by atoms with E-state index in [1.165, 1.54) is 0 Å². The lowest BCUT2D eigenvalue weighted by Gasteiger charge is -2.28. The van der Waals surface area contributed by atoms with E-state index >= 15 is 0 Å². The van der Waals surface area contributed by atoms with Gasteiger partial charge in [-0.1, -0.05) is 35.5 Å². The summed E-state index contributed by atoms with van der Waals surface area (Å²) >= 11 is 0. The van der Waals surface area contributed by atoms with E-state index in [9.17, 15) is 9.90 Å². The molecular formula is C17H23N3O3. The summed E-state index contributed by atoms with van der Waals surface area (Å²) in [6.45, 7) is 4.76. The van der Waals surface area contributed by atoms with Crippen molar-refractivity contribution in [2.75, 3.05) is 18.5 Å². The summed E-state index contributed by atoms with van der Waals surface area (Å²) in [6, 6.07) is 11.7. The first-order chi connectivity index (χ1) is 11.1. The van der Waals surface area contributed by atoms with Crippen LogP contribution in [-0.4, -0.2) is 40.3 Å². The fourth-order valence-electron chi connectivity index (χ4n) is 2.34. The first-order valence-electron chi connectivity index (χ1n) is 7.70. The molecule has 2 N–H and O–H groups in total. The number of aromatic nitrogens is 1. The monoisotopic (exact) mass is 317 g/mol. The number of benzene rings is 1. The number of carbonyl (C=O) groups is 1. The van der Waals surface area contributed by atoms with Crippen LogP contribution >= 0.6 is 0 Å². The van der Waals surface area contributed by atoms with Crippen molar-refractivity contribution in [3.63, 3.8) is 0 Å². The third kappa shape index (κ3) is 5.50. The summed E-state index contributed by atoms with van der Waals surface area (Å²) in [5.41, 5.74) is 1.84. The highest BCUT2D eigenvalue weighted by atomic mass is 16.5. The normalized spacial score (nSPS) is 12.3. The largest absolute Gasteiger partial charge is 0.396 e. The second-order valence-corrected chi connectivity index (χ2v) is 5.63. The molecule has 0 fully saturated rings. The maximum atomic E-state index is 12.2. The van der Waals surface area contributed by atoms with Gasteiger partial charge in [0.05, 0.1) is 12.2 Å². The highest BCUT2D eigenvalue weighted by Gasteiger charge is 2.18. The highest BCUT2D eigenvalue weighted by molar-refractivity contribution is 5.90. The molecule has 1 atom stereocenters. The molecule has 0 saturated heterocycles. The molecule has 0 radical (unpaired) electrons. The Kier molecular flexibility index (Phi) is 6.31. The number of amides is 1. The molecule has 6 heteroatoms. The number of nitrogens with one attached hydrogen (secondary N) is 1. The maximum absolute atomic E-state index is 12.2. The maximum Gasteiger partial charge on any atom is 0.240 e. The minimum absolute atomic E-state index is 0.0856. The zero-order chi connectivity index (χ0) is 16.7. The average molecular weight is 317 g/mol. The van der Waals surface area contributed by atoms with Crippen molar-refractivity contribution in [2.45, 2.75) is 32.9 Å². The lowest BCUT2D eigenvalue weighted by Crippen LogP contribution is -2.39. The first kappa shape index (κ1) is 17.2. The Balaban J connectivity index is 1.99. The van der Waals surface area contributed by atoms with E-state index in [1.807, 2.05) is 42.2 Å². The molecule has 0 saturated carbocycles. The van der Waals surface area contributed by atoms with E-state index < -0.39 is 0 Å². The molecule has 0 aliphatic carbocycles. The molecule has 1 aromatic carbocycles. The lowest BCUT2D eigenvalue weighted by molar-refractivity contribution is -0.118. The third-order valence-electron chi connectivity index (χ3n) is 3.64. The van der Waals surface area contributed by atoms with Gasteiger partial charge in [-0.05, 0) is 25.8 Å². The van der Waals surface area contributed by atoms with Gasteiger partial charge in [0.25, 0.3) is 0 Å². The minimum Gasteiger partial charge on any atom is -0.396 e. The van der Waals surface area contributed by atoms with Crippen LogP contribution < -0.4 is 5.32 Å². The minimum atomic E-state index is -0.165. The van der Waals surface area contributed by atoms with Gasteiger partial charge < -0.3 is 9.63 Å². The molecule has 1 aromatic heterocycles. The fraction of sp³-hybridized carbons (Fsp3) is 0.412. The van der Waals surface area contributed by atoms with Crippen LogP contribution in [-0.2, 0) is 11.3 Å². The van der Waals surface area contributed by atoms with Crippen molar-refractivity contribution in [3.05, 3.63) is 47.7 Å². The number of rotatable bonds is 8. The van der Waals surface area contributed by atoms with Crippen LogP contribution in [0.15, 0.2) is 40.9 Å². The molecule has 23 heavy (non-hydrogen) atoms. The van der Waals surface area contributed by atoms with Crippen molar-refractivity contribution >= 4 is 11.8 Å². The fourth-order valence-corrected chi connectivity index (χ4v) is 2.34. The van der Waals surface area contributed by atoms with Gasteiger partial charge in [-0.15, -0.1) is 0 Å². The molecule has 1 heterocycles. The van der Waals surface area contributed by atoms with Gasteiger partial charge in [0, 0.05) is 25.3 Å². The van der Waals surface area contributed by atoms with Crippen LogP contribution in [0.1, 0.15) is 24.6 Å². The molecule has 1 amide bonds. The first-order valence-corrected chi connectivity index (χ1v) is 7.70. The van der Waals surface area contributed by atoms with Crippen molar-refractivity contribution in [1.29, 1.82) is 0 Å². The zero-order valence-corrected chi connectivity index (χ0v) is 13.5. The molecule has 6 nitrogen and oxygen atoms in total. The third-order valence-corrected chi connectivity index (χ3v) is 3.64.